The highest BCUT2D eigenvalue weighted by Gasteiger charge is 2.13. The summed E-state index contributed by atoms with van der Waals surface area (Å²) in [7, 11) is 0. The van der Waals surface area contributed by atoms with Crippen LogP contribution < -0.4 is 0 Å². The molecular formula is C13H14OS. The number of benzene rings is 1. The molecule has 1 unspecified atom stereocenters. The van der Waals surface area contributed by atoms with Gasteiger partial charge >= 0.3 is 0 Å². The summed E-state index contributed by atoms with van der Waals surface area (Å²) >= 11 is 1.71. The summed E-state index contributed by atoms with van der Waals surface area (Å²) in [4.78, 5) is 1.27. The van der Waals surface area contributed by atoms with Crippen LogP contribution in [0.4, 0.5) is 0 Å². The number of rotatable bonds is 3. The lowest BCUT2D eigenvalue weighted by atomic mass is 10.0. The molecule has 78 valence electrons. The van der Waals surface area contributed by atoms with Crippen LogP contribution in [0.25, 0.3) is 0 Å². The fourth-order valence-corrected chi connectivity index (χ4v) is 2.56. The second-order valence-corrected chi connectivity index (χ2v) is 4.47. The number of aryl methyl sites for hydroxylation is 1. The quantitative estimate of drug-likeness (QED) is 0.837. The number of hydrogen-bond donors (Lipinski definition) is 1. The van der Waals surface area contributed by atoms with Crippen molar-refractivity contribution in [2.45, 2.75) is 19.4 Å². The highest BCUT2D eigenvalue weighted by molar-refractivity contribution is 7.10. The van der Waals surface area contributed by atoms with Crippen LogP contribution in [0.15, 0.2) is 41.8 Å². The SMILES string of the molecule is CCc1sccc1C(O)c1ccccc1. The molecule has 0 amide bonds. The van der Waals surface area contributed by atoms with Crippen LogP contribution in [-0.2, 0) is 6.42 Å². The molecule has 0 aliphatic rings. The standard InChI is InChI=1S/C13H14OS/c1-2-12-11(8-9-15-12)13(14)10-6-4-3-5-7-10/h3-9,13-14H,2H2,1H3. The van der Waals surface area contributed by atoms with E-state index in [0.29, 0.717) is 0 Å². The summed E-state index contributed by atoms with van der Waals surface area (Å²) in [5.74, 6) is 0. The van der Waals surface area contributed by atoms with Crippen LogP contribution in [0.1, 0.15) is 29.0 Å². The van der Waals surface area contributed by atoms with Gasteiger partial charge in [0.2, 0.25) is 0 Å². The molecule has 0 aliphatic carbocycles. The highest BCUT2D eigenvalue weighted by Crippen LogP contribution is 2.28. The van der Waals surface area contributed by atoms with Gasteiger partial charge in [0.15, 0.2) is 0 Å². The Hall–Kier alpha value is -1.12. The van der Waals surface area contributed by atoms with E-state index in [4.69, 9.17) is 0 Å². The van der Waals surface area contributed by atoms with Crippen molar-refractivity contribution in [3.8, 4) is 0 Å². The zero-order valence-electron chi connectivity index (χ0n) is 8.68. The van der Waals surface area contributed by atoms with E-state index in [1.807, 2.05) is 41.8 Å². The van der Waals surface area contributed by atoms with Gasteiger partial charge in [-0.25, -0.2) is 0 Å². The summed E-state index contributed by atoms with van der Waals surface area (Å²) < 4.78 is 0. The fraction of sp³-hybridized carbons (Fsp3) is 0.231. The molecule has 0 saturated heterocycles. The van der Waals surface area contributed by atoms with Crippen molar-refractivity contribution in [1.29, 1.82) is 0 Å². The van der Waals surface area contributed by atoms with Crippen molar-refractivity contribution < 1.29 is 5.11 Å². The summed E-state index contributed by atoms with van der Waals surface area (Å²) in [5.41, 5.74) is 2.01. The van der Waals surface area contributed by atoms with Crippen molar-refractivity contribution in [2.75, 3.05) is 0 Å². The van der Waals surface area contributed by atoms with Gasteiger partial charge < -0.3 is 5.11 Å². The van der Waals surface area contributed by atoms with E-state index in [0.717, 1.165) is 17.5 Å². The van der Waals surface area contributed by atoms with E-state index >= 15 is 0 Å². The number of aliphatic hydroxyl groups is 1. The first-order valence-corrected chi connectivity index (χ1v) is 6.00. The van der Waals surface area contributed by atoms with Crippen molar-refractivity contribution in [3.05, 3.63) is 57.8 Å². The van der Waals surface area contributed by atoms with Crippen LogP contribution >= 0.6 is 11.3 Å². The molecule has 0 saturated carbocycles. The molecule has 1 aromatic carbocycles. The van der Waals surface area contributed by atoms with E-state index in [9.17, 15) is 5.11 Å². The van der Waals surface area contributed by atoms with E-state index in [2.05, 4.69) is 6.92 Å². The molecule has 1 N–H and O–H groups in total. The van der Waals surface area contributed by atoms with E-state index in [-0.39, 0.29) is 0 Å². The maximum Gasteiger partial charge on any atom is 0.105 e. The van der Waals surface area contributed by atoms with Crippen LogP contribution in [0.5, 0.6) is 0 Å². The predicted molar refractivity (Wildman–Crippen MR) is 64.2 cm³/mol. The molecular weight excluding hydrogens is 204 g/mol. The Balaban J connectivity index is 2.32. The molecule has 15 heavy (non-hydrogen) atoms. The Kier molecular flexibility index (Phi) is 3.19. The molecule has 1 heterocycles. The molecule has 2 rings (SSSR count). The Morgan fingerprint density at radius 2 is 1.93 bits per heavy atom. The Morgan fingerprint density at radius 3 is 2.60 bits per heavy atom. The van der Waals surface area contributed by atoms with Gasteiger partial charge in [0.05, 0.1) is 0 Å². The van der Waals surface area contributed by atoms with Gasteiger partial charge in [-0.1, -0.05) is 37.3 Å². The summed E-state index contributed by atoms with van der Waals surface area (Å²) in [6.45, 7) is 2.12. The van der Waals surface area contributed by atoms with E-state index < -0.39 is 6.10 Å². The molecule has 0 bridgehead atoms. The van der Waals surface area contributed by atoms with Gasteiger partial charge in [-0.05, 0) is 29.0 Å². The molecule has 1 atom stereocenters. The Labute approximate surface area is 94.0 Å². The van der Waals surface area contributed by atoms with Gasteiger partial charge in [0.1, 0.15) is 6.10 Å². The molecule has 0 aliphatic heterocycles. The average Bonchev–Trinajstić information content (AvgIpc) is 2.77. The number of hydrogen-bond acceptors (Lipinski definition) is 2. The van der Waals surface area contributed by atoms with Crippen LogP contribution in [0.2, 0.25) is 0 Å². The van der Waals surface area contributed by atoms with Gasteiger partial charge in [-0.2, -0.15) is 0 Å². The molecule has 2 heteroatoms. The van der Waals surface area contributed by atoms with Crippen LogP contribution in [0.3, 0.4) is 0 Å². The summed E-state index contributed by atoms with van der Waals surface area (Å²) in [6, 6.07) is 11.8. The third-order valence-electron chi connectivity index (χ3n) is 2.51. The molecule has 0 fully saturated rings. The van der Waals surface area contributed by atoms with Crippen molar-refractivity contribution in [2.24, 2.45) is 0 Å². The minimum Gasteiger partial charge on any atom is -0.384 e. The number of thiophene rings is 1. The third kappa shape index (κ3) is 2.11. The molecule has 1 nitrogen and oxygen atoms in total. The van der Waals surface area contributed by atoms with Crippen molar-refractivity contribution >= 4 is 11.3 Å². The molecule has 0 spiro atoms. The first kappa shape index (κ1) is 10.4. The maximum atomic E-state index is 10.2. The molecule has 1 aromatic heterocycles. The van der Waals surface area contributed by atoms with Gasteiger partial charge in [0, 0.05) is 4.88 Å². The van der Waals surface area contributed by atoms with Crippen LogP contribution in [0, 0.1) is 0 Å². The fourth-order valence-electron chi connectivity index (χ4n) is 1.70. The lowest BCUT2D eigenvalue weighted by Gasteiger charge is -2.11. The first-order chi connectivity index (χ1) is 7.33. The smallest absolute Gasteiger partial charge is 0.105 e. The van der Waals surface area contributed by atoms with Gasteiger partial charge in [-0.3, -0.25) is 0 Å². The Morgan fingerprint density at radius 1 is 1.20 bits per heavy atom. The third-order valence-corrected chi connectivity index (χ3v) is 3.59. The van der Waals surface area contributed by atoms with Crippen molar-refractivity contribution in [1.82, 2.24) is 0 Å². The van der Waals surface area contributed by atoms with Gasteiger partial charge in [0.25, 0.3) is 0 Å². The highest BCUT2D eigenvalue weighted by atomic mass is 32.1. The largest absolute Gasteiger partial charge is 0.384 e. The monoisotopic (exact) mass is 218 g/mol. The summed E-state index contributed by atoms with van der Waals surface area (Å²) in [5, 5.41) is 12.2. The summed E-state index contributed by atoms with van der Waals surface area (Å²) in [6.07, 6.45) is 0.504. The maximum absolute atomic E-state index is 10.2. The van der Waals surface area contributed by atoms with E-state index in [1.54, 1.807) is 11.3 Å². The number of aliphatic hydroxyl groups excluding tert-OH is 1. The molecule has 2 aromatic rings. The van der Waals surface area contributed by atoms with E-state index in [1.165, 1.54) is 4.88 Å². The topological polar surface area (TPSA) is 20.2 Å². The minimum atomic E-state index is -0.479. The predicted octanol–water partition coefficient (Wildman–Crippen LogP) is 3.39. The zero-order valence-corrected chi connectivity index (χ0v) is 9.50. The lowest BCUT2D eigenvalue weighted by molar-refractivity contribution is 0.220. The second-order valence-electron chi connectivity index (χ2n) is 3.47. The molecule has 0 radical (unpaired) electrons. The average molecular weight is 218 g/mol. The van der Waals surface area contributed by atoms with Gasteiger partial charge in [-0.15, -0.1) is 11.3 Å². The second kappa shape index (κ2) is 4.60. The zero-order chi connectivity index (χ0) is 10.7. The first-order valence-electron chi connectivity index (χ1n) is 5.12. The normalized spacial score (nSPS) is 12.7. The lowest BCUT2D eigenvalue weighted by Crippen LogP contribution is -2.00. The van der Waals surface area contributed by atoms with Crippen LogP contribution in [-0.4, -0.2) is 5.11 Å². The minimum absolute atomic E-state index is 0.479. The Bertz CT molecular complexity index is 419. The van der Waals surface area contributed by atoms with Crippen molar-refractivity contribution in [3.63, 3.8) is 0 Å².